The number of hydrogen-bond acceptors (Lipinski definition) is 4. The second-order valence-corrected chi connectivity index (χ2v) is 2.90. The van der Waals surface area contributed by atoms with Crippen LogP contribution in [0.2, 0.25) is 0 Å². The SMILES string of the molecule is C[C@H](N)C(=O)N[C@@H]([C]=O)CCC(=O)O. The van der Waals surface area contributed by atoms with Gasteiger partial charge in [-0.25, -0.2) is 0 Å². The normalized spacial score (nSPS) is 14.1. The Morgan fingerprint density at radius 3 is 2.50 bits per heavy atom. The van der Waals surface area contributed by atoms with E-state index in [1.54, 1.807) is 6.29 Å². The molecule has 79 valence electrons. The summed E-state index contributed by atoms with van der Waals surface area (Å²) < 4.78 is 0. The number of carboxylic acid groups (broad SMARTS) is 1. The third kappa shape index (κ3) is 5.26. The van der Waals surface area contributed by atoms with Gasteiger partial charge >= 0.3 is 5.97 Å². The topological polar surface area (TPSA) is 109 Å². The van der Waals surface area contributed by atoms with Gasteiger partial charge in [-0.1, -0.05) is 0 Å². The molecule has 0 aliphatic rings. The van der Waals surface area contributed by atoms with Crippen molar-refractivity contribution in [3.63, 3.8) is 0 Å². The van der Waals surface area contributed by atoms with Gasteiger partial charge < -0.3 is 16.2 Å². The van der Waals surface area contributed by atoms with E-state index in [9.17, 15) is 14.4 Å². The highest BCUT2D eigenvalue weighted by atomic mass is 16.4. The number of aliphatic carboxylic acids is 1. The van der Waals surface area contributed by atoms with Crippen LogP contribution in [-0.4, -0.2) is 35.4 Å². The number of rotatable bonds is 6. The van der Waals surface area contributed by atoms with E-state index in [-0.39, 0.29) is 12.8 Å². The fourth-order valence-electron chi connectivity index (χ4n) is 0.732. The Hall–Kier alpha value is -1.43. The number of hydrogen-bond donors (Lipinski definition) is 3. The van der Waals surface area contributed by atoms with E-state index in [1.165, 1.54) is 6.92 Å². The van der Waals surface area contributed by atoms with E-state index in [0.717, 1.165) is 0 Å². The summed E-state index contributed by atoms with van der Waals surface area (Å²) in [6, 6.07) is -1.62. The molecular weight excluding hydrogens is 188 g/mol. The highest BCUT2D eigenvalue weighted by Gasteiger charge is 2.15. The van der Waals surface area contributed by atoms with E-state index >= 15 is 0 Å². The Balaban J connectivity index is 3.96. The Labute approximate surface area is 81.5 Å². The first-order chi connectivity index (χ1) is 6.47. The van der Waals surface area contributed by atoms with E-state index in [1.807, 2.05) is 0 Å². The second kappa shape index (κ2) is 6.09. The molecule has 6 nitrogen and oxygen atoms in total. The van der Waals surface area contributed by atoms with Crippen LogP contribution in [-0.2, 0) is 14.4 Å². The van der Waals surface area contributed by atoms with Crippen LogP contribution in [0.15, 0.2) is 0 Å². The molecular formula is C8H13N2O4. The molecule has 0 aliphatic heterocycles. The number of carbonyl (C=O) groups is 2. The number of carbonyl (C=O) groups excluding carboxylic acids is 2. The van der Waals surface area contributed by atoms with Gasteiger partial charge in [0.15, 0.2) is 0 Å². The van der Waals surface area contributed by atoms with Gasteiger partial charge in [0.25, 0.3) is 0 Å². The zero-order valence-corrected chi connectivity index (χ0v) is 7.82. The van der Waals surface area contributed by atoms with Crippen molar-refractivity contribution in [2.75, 3.05) is 0 Å². The zero-order chi connectivity index (χ0) is 11.1. The van der Waals surface area contributed by atoms with Crippen LogP contribution < -0.4 is 11.1 Å². The van der Waals surface area contributed by atoms with Crippen LogP contribution in [0.4, 0.5) is 0 Å². The van der Waals surface area contributed by atoms with Gasteiger partial charge in [0.05, 0.1) is 12.1 Å². The third-order valence-electron chi connectivity index (χ3n) is 1.52. The summed E-state index contributed by atoms with van der Waals surface area (Å²) >= 11 is 0. The van der Waals surface area contributed by atoms with Crippen molar-refractivity contribution in [1.82, 2.24) is 5.32 Å². The molecule has 0 rings (SSSR count). The van der Waals surface area contributed by atoms with Crippen molar-refractivity contribution in [3.05, 3.63) is 0 Å². The molecule has 6 heteroatoms. The third-order valence-corrected chi connectivity index (χ3v) is 1.52. The summed E-state index contributed by atoms with van der Waals surface area (Å²) in [5.74, 6) is -1.52. The van der Waals surface area contributed by atoms with Crippen molar-refractivity contribution >= 4 is 18.2 Å². The molecule has 0 unspecified atom stereocenters. The molecule has 0 aromatic carbocycles. The Morgan fingerprint density at radius 1 is 1.57 bits per heavy atom. The summed E-state index contributed by atoms with van der Waals surface area (Å²) in [7, 11) is 0. The maximum absolute atomic E-state index is 11.0. The van der Waals surface area contributed by atoms with Gasteiger partial charge in [0, 0.05) is 6.42 Å². The molecule has 14 heavy (non-hydrogen) atoms. The number of carboxylic acids is 1. The van der Waals surface area contributed by atoms with Crippen LogP contribution >= 0.6 is 0 Å². The highest BCUT2D eigenvalue weighted by Crippen LogP contribution is 1.95. The predicted octanol–water partition coefficient (Wildman–Crippen LogP) is -1.21. The largest absolute Gasteiger partial charge is 0.481 e. The first-order valence-corrected chi connectivity index (χ1v) is 4.12. The van der Waals surface area contributed by atoms with Crippen LogP contribution in [0, 0.1) is 0 Å². The molecule has 1 amide bonds. The van der Waals surface area contributed by atoms with Crippen LogP contribution in [0.1, 0.15) is 19.8 Å². The second-order valence-electron chi connectivity index (χ2n) is 2.90. The molecule has 0 spiro atoms. The van der Waals surface area contributed by atoms with Gasteiger partial charge in [0.2, 0.25) is 12.2 Å². The molecule has 2 atom stereocenters. The Kier molecular flexibility index (Phi) is 5.47. The first kappa shape index (κ1) is 12.6. The molecule has 0 heterocycles. The predicted molar refractivity (Wildman–Crippen MR) is 48.1 cm³/mol. The standard InChI is InChI=1S/C8H13N2O4/c1-5(9)8(14)10-6(4-11)2-3-7(12)13/h5-6H,2-3,9H2,1H3,(H,10,14)(H,12,13)/t5-,6+/m0/s1. The molecule has 1 radical (unpaired) electrons. The molecule has 0 aromatic heterocycles. The van der Waals surface area contributed by atoms with Crippen LogP contribution in [0.25, 0.3) is 0 Å². The maximum Gasteiger partial charge on any atom is 0.303 e. The number of nitrogens with one attached hydrogen (secondary N) is 1. The molecule has 0 fully saturated rings. The first-order valence-electron chi connectivity index (χ1n) is 4.12. The average molecular weight is 201 g/mol. The summed E-state index contributed by atoms with van der Waals surface area (Å²) in [6.45, 7) is 1.47. The highest BCUT2D eigenvalue weighted by molar-refractivity contribution is 5.84. The number of nitrogens with two attached hydrogens (primary N) is 1. The minimum absolute atomic E-state index is 0.0251. The van der Waals surface area contributed by atoms with Crippen molar-refractivity contribution in [2.24, 2.45) is 5.73 Å². The quantitative estimate of drug-likeness (QED) is 0.499. The molecule has 0 aromatic rings. The van der Waals surface area contributed by atoms with Crippen molar-refractivity contribution in [2.45, 2.75) is 31.8 Å². The summed E-state index contributed by atoms with van der Waals surface area (Å²) in [6.07, 6.45) is 1.37. The molecule has 4 N–H and O–H groups in total. The smallest absolute Gasteiger partial charge is 0.303 e. The lowest BCUT2D eigenvalue weighted by molar-refractivity contribution is -0.137. The summed E-state index contributed by atoms with van der Waals surface area (Å²) in [5.41, 5.74) is 5.24. The van der Waals surface area contributed by atoms with Crippen LogP contribution in [0.5, 0.6) is 0 Å². The van der Waals surface area contributed by atoms with Gasteiger partial charge in [0.1, 0.15) is 0 Å². The fraction of sp³-hybridized carbons (Fsp3) is 0.625. The maximum atomic E-state index is 11.0. The van der Waals surface area contributed by atoms with Gasteiger partial charge in [-0.15, -0.1) is 0 Å². The van der Waals surface area contributed by atoms with Gasteiger partial charge in [-0.05, 0) is 13.3 Å². The Morgan fingerprint density at radius 2 is 2.14 bits per heavy atom. The lowest BCUT2D eigenvalue weighted by atomic mass is 10.1. The van der Waals surface area contributed by atoms with E-state index < -0.39 is 24.0 Å². The number of amides is 1. The van der Waals surface area contributed by atoms with E-state index in [2.05, 4.69) is 5.32 Å². The fourth-order valence-corrected chi connectivity index (χ4v) is 0.732. The molecule has 0 bridgehead atoms. The molecule has 0 saturated heterocycles. The summed E-state index contributed by atoms with van der Waals surface area (Å²) in [5, 5.41) is 10.6. The summed E-state index contributed by atoms with van der Waals surface area (Å²) in [4.78, 5) is 31.5. The molecule has 0 aliphatic carbocycles. The molecule has 0 saturated carbocycles. The van der Waals surface area contributed by atoms with E-state index in [0.29, 0.717) is 0 Å². The van der Waals surface area contributed by atoms with Crippen molar-refractivity contribution in [1.29, 1.82) is 0 Å². The minimum atomic E-state index is -1.03. The van der Waals surface area contributed by atoms with Gasteiger partial charge in [-0.2, -0.15) is 0 Å². The minimum Gasteiger partial charge on any atom is -0.481 e. The lowest BCUT2D eigenvalue weighted by Gasteiger charge is -2.12. The van der Waals surface area contributed by atoms with Crippen molar-refractivity contribution in [3.8, 4) is 0 Å². The van der Waals surface area contributed by atoms with Crippen LogP contribution in [0.3, 0.4) is 0 Å². The zero-order valence-electron chi connectivity index (χ0n) is 7.82. The average Bonchev–Trinajstić information content (AvgIpc) is 2.11. The lowest BCUT2D eigenvalue weighted by Crippen LogP contribution is -2.44. The van der Waals surface area contributed by atoms with Crippen molar-refractivity contribution < 1.29 is 19.5 Å². The van der Waals surface area contributed by atoms with E-state index in [4.69, 9.17) is 10.8 Å². The monoisotopic (exact) mass is 201 g/mol. The Bertz CT molecular complexity index is 227. The van der Waals surface area contributed by atoms with Gasteiger partial charge in [-0.3, -0.25) is 14.4 Å².